The van der Waals surface area contributed by atoms with E-state index in [9.17, 15) is 14.0 Å². The van der Waals surface area contributed by atoms with Crippen molar-refractivity contribution in [3.8, 4) is 5.75 Å². The van der Waals surface area contributed by atoms with Crippen LogP contribution in [0.1, 0.15) is 43.5 Å². The van der Waals surface area contributed by atoms with Gasteiger partial charge in [0, 0.05) is 5.69 Å². The van der Waals surface area contributed by atoms with Crippen LogP contribution in [0.5, 0.6) is 5.75 Å². The lowest BCUT2D eigenvalue weighted by Gasteiger charge is -2.17. The summed E-state index contributed by atoms with van der Waals surface area (Å²) in [5.41, 5.74) is 0.930. The first kappa shape index (κ1) is 20.4. The van der Waals surface area contributed by atoms with E-state index in [4.69, 9.17) is 9.47 Å². The van der Waals surface area contributed by atoms with E-state index in [1.165, 1.54) is 12.1 Å². The summed E-state index contributed by atoms with van der Waals surface area (Å²) in [6.07, 6.45) is 1.31. The van der Waals surface area contributed by atoms with Crippen molar-refractivity contribution in [2.75, 3.05) is 11.9 Å². The number of anilines is 1. The van der Waals surface area contributed by atoms with Gasteiger partial charge in [0.2, 0.25) is 0 Å². The molecule has 0 aliphatic carbocycles. The Labute approximate surface area is 158 Å². The first-order valence-electron chi connectivity index (χ1n) is 9.04. The van der Waals surface area contributed by atoms with Crippen LogP contribution in [0.2, 0.25) is 0 Å². The van der Waals surface area contributed by atoms with Gasteiger partial charge in [-0.1, -0.05) is 32.4 Å². The summed E-state index contributed by atoms with van der Waals surface area (Å²) in [6, 6.07) is 12.3. The predicted octanol–water partition coefficient (Wildman–Crippen LogP) is 4.58. The average Bonchev–Trinajstić information content (AvgIpc) is 2.68. The first-order valence-corrected chi connectivity index (χ1v) is 9.04. The van der Waals surface area contributed by atoms with E-state index in [1.54, 1.807) is 43.3 Å². The van der Waals surface area contributed by atoms with E-state index >= 15 is 0 Å². The standard InChI is InChI=1S/C21H24FNO4/c1-3-5-14-26-21(25)15-10-12-16(13-11-15)23-20(24)18(4-2)27-19-9-7-6-8-17(19)22/h6-13,18H,3-5,14H2,1-2H3,(H,23,24)/t18-/m1/s1. The van der Waals surface area contributed by atoms with Crippen LogP contribution in [0.25, 0.3) is 0 Å². The summed E-state index contributed by atoms with van der Waals surface area (Å²) in [5, 5.41) is 2.71. The summed E-state index contributed by atoms with van der Waals surface area (Å²) in [6.45, 7) is 4.19. The molecule has 0 aliphatic rings. The maximum Gasteiger partial charge on any atom is 0.338 e. The largest absolute Gasteiger partial charge is 0.478 e. The second-order valence-electron chi connectivity index (χ2n) is 6.00. The van der Waals surface area contributed by atoms with Gasteiger partial charge >= 0.3 is 5.97 Å². The van der Waals surface area contributed by atoms with Crippen molar-refractivity contribution in [1.82, 2.24) is 0 Å². The minimum atomic E-state index is -0.833. The molecular formula is C21H24FNO4. The summed E-state index contributed by atoms with van der Waals surface area (Å²) >= 11 is 0. The Morgan fingerprint density at radius 1 is 1.07 bits per heavy atom. The van der Waals surface area contributed by atoms with Crippen LogP contribution in [0.3, 0.4) is 0 Å². The monoisotopic (exact) mass is 373 g/mol. The number of ether oxygens (including phenoxy) is 2. The maximum atomic E-state index is 13.7. The number of hydrogen-bond donors (Lipinski definition) is 1. The second kappa shape index (κ2) is 10.3. The quantitative estimate of drug-likeness (QED) is 0.516. The highest BCUT2D eigenvalue weighted by molar-refractivity contribution is 5.95. The highest BCUT2D eigenvalue weighted by Gasteiger charge is 2.20. The fourth-order valence-corrected chi connectivity index (χ4v) is 2.32. The molecule has 2 aromatic carbocycles. The normalized spacial score (nSPS) is 11.5. The molecule has 0 aliphatic heterocycles. The molecule has 2 aromatic rings. The number of rotatable bonds is 9. The van der Waals surface area contributed by atoms with Gasteiger partial charge in [-0.05, 0) is 49.2 Å². The molecule has 0 heterocycles. The maximum absolute atomic E-state index is 13.7. The van der Waals surface area contributed by atoms with Gasteiger partial charge in [0.05, 0.1) is 12.2 Å². The zero-order valence-electron chi connectivity index (χ0n) is 15.5. The highest BCUT2D eigenvalue weighted by atomic mass is 19.1. The number of amides is 1. The Bertz CT molecular complexity index is 761. The Balaban J connectivity index is 1.95. The van der Waals surface area contributed by atoms with E-state index in [-0.39, 0.29) is 11.7 Å². The van der Waals surface area contributed by atoms with Crippen molar-refractivity contribution in [3.05, 3.63) is 59.9 Å². The third-order valence-corrected chi connectivity index (χ3v) is 3.89. The third-order valence-electron chi connectivity index (χ3n) is 3.89. The van der Waals surface area contributed by atoms with Crippen molar-refractivity contribution in [2.24, 2.45) is 0 Å². The second-order valence-corrected chi connectivity index (χ2v) is 6.00. The molecule has 27 heavy (non-hydrogen) atoms. The van der Waals surface area contributed by atoms with Crippen molar-refractivity contribution in [3.63, 3.8) is 0 Å². The lowest BCUT2D eigenvalue weighted by molar-refractivity contribution is -0.122. The Kier molecular flexibility index (Phi) is 7.79. The molecule has 6 heteroatoms. The van der Waals surface area contributed by atoms with Crippen molar-refractivity contribution in [1.29, 1.82) is 0 Å². The molecule has 0 unspecified atom stereocenters. The Hall–Kier alpha value is -2.89. The Morgan fingerprint density at radius 2 is 1.78 bits per heavy atom. The number of para-hydroxylation sites is 1. The minimum absolute atomic E-state index is 0.0321. The number of esters is 1. The van der Waals surface area contributed by atoms with E-state index in [1.807, 2.05) is 6.92 Å². The summed E-state index contributed by atoms with van der Waals surface area (Å²) in [4.78, 5) is 24.3. The molecule has 0 saturated carbocycles. The van der Waals surface area contributed by atoms with Gasteiger partial charge < -0.3 is 14.8 Å². The fourth-order valence-electron chi connectivity index (χ4n) is 2.32. The van der Waals surface area contributed by atoms with Gasteiger partial charge in [0.15, 0.2) is 17.7 Å². The molecule has 0 fully saturated rings. The molecule has 1 N–H and O–H groups in total. The number of halogens is 1. The summed E-state index contributed by atoms with van der Waals surface area (Å²) < 4.78 is 24.3. The van der Waals surface area contributed by atoms with Crippen LogP contribution in [0, 0.1) is 5.82 Å². The number of hydrogen-bond acceptors (Lipinski definition) is 4. The Morgan fingerprint density at radius 3 is 2.41 bits per heavy atom. The smallest absolute Gasteiger partial charge is 0.338 e. The molecule has 0 aromatic heterocycles. The summed E-state index contributed by atoms with van der Waals surface area (Å²) in [5.74, 6) is -1.27. The molecule has 0 bridgehead atoms. The van der Waals surface area contributed by atoms with Crippen LogP contribution in [-0.2, 0) is 9.53 Å². The van der Waals surface area contributed by atoms with Gasteiger partial charge in [0.25, 0.3) is 5.91 Å². The van der Waals surface area contributed by atoms with Crippen LogP contribution >= 0.6 is 0 Å². The van der Waals surface area contributed by atoms with Gasteiger partial charge in [-0.25, -0.2) is 9.18 Å². The van der Waals surface area contributed by atoms with Gasteiger partial charge in [-0.2, -0.15) is 0 Å². The van der Waals surface area contributed by atoms with Gasteiger partial charge in [-0.3, -0.25) is 4.79 Å². The van der Waals surface area contributed by atoms with E-state index < -0.39 is 17.9 Å². The zero-order valence-corrected chi connectivity index (χ0v) is 15.5. The van der Waals surface area contributed by atoms with E-state index in [0.717, 1.165) is 12.8 Å². The number of carbonyl (C=O) groups excluding carboxylic acids is 2. The van der Waals surface area contributed by atoms with Crippen LogP contribution in [0.4, 0.5) is 10.1 Å². The topological polar surface area (TPSA) is 64.6 Å². The molecule has 144 valence electrons. The molecule has 1 amide bonds. The lowest BCUT2D eigenvalue weighted by atomic mass is 10.2. The predicted molar refractivity (Wildman–Crippen MR) is 101 cm³/mol. The molecule has 0 radical (unpaired) electrons. The molecule has 5 nitrogen and oxygen atoms in total. The van der Waals surface area contributed by atoms with Crippen LogP contribution in [-0.4, -0.2) is 24.6 Å². The van der Waals surface area contributed by atoms with Crippen molar-refractivity contribution < 1.29 is 23.5 Å². The van der Waals surface area contributed by atoms with Gasteiger partial charge in [0.1, 0.15) is 0 Å². The van der Waals surface area contributed by atoms with Crippen LogP contribution < -0.4 is 10.1 Å². The molecule has 0 saturated heterocycles. The number of nitrogens with one attached hydrogen (secondary N) is 1. The number of unbranched alkanes of at least 4 members (excludes halogenated alkanes) is 1. The number of carbonyl (C=O) groups is 2. The third kappa shape index (κ3) is 6.09. The molecule has 0 spiro atoms. The SMILES string of the molecule is CCCCOC(=O)c1ccc(NC(=O)[C@@H](CC)Oc2ccccc2F)cc1. The molecule has 1 atom stereocenters. The van der Waals surface area contributed by atoms with Crippen LogP contribution in [0.15, 0.2) is 48.5 Å². The van der Waals surface area contributed by atoms with Gasteiger partial charge in [-0.15, -0.1) is 0 Å². The van der Waals surface area contributed by atoms with Crippen molar-refractivity contribution in [2.45, 2.75) is 39.2 Å². The molecular weight excluding hydrogens is 349 g/mol. The average molecular weight is 373 g/mol. The zero-order chi connectivity index (χ0) is 19.6. The lowest BCUT2D eigenvalue weighted by Crippen LogP contribution is -2.32. The molecule has 2 rings (SSSR count). The van der Waals surface area contributed by atoms with Crippen molar-refractivity contribution >= 4 is 17.6 Å². The van der Waals surface area contributed by atoms with E-state index in [0.29, 0.717) is 24.3 Å². The highest BCUT2D eigenvalue weighted by Crippen LogP contribution is 2.19. The number of benzene rings is 2. The minimum Gasteiger partial charge on any atom is -0.478 e. The first-order chi connectivity index (χ1) is 13.0. The van der Waals surface area contributed by atoms with E-state index in [2.05, 4.69) is 5.32 Å². The summed E-state index contributed by atoms with van der Waals surface area (Å²) in [7, 11) is 0. The fraction of sp³-hybridized carbons (Fsp3) is 0.333.